The highest BCUT2D eigenvalue weighted by Gasteiger charge is 2.27. The Labute approximate surface area is 156 Å². The van der Waals surface area contributed by atoms with Gasteiger partial charge in [-0.25, -0.2) is 0 Å². The van der Waals surface area contributed by atoms with Gasteiger partial charge in [0.2, 0.25) is 0 Å². The molecule has 144 valence electrons. The fraction of sp³-hybridized carbons (Fsp3) is 0.600. The van der Waals surface area contributed by atoms with Crippen LogP contribution in [0.4, 0.5) is 0 Å². The summed E-state index contributed by atoms with van der Waals surface area (Å²) in [5.74, 6) is -1.10. The van der Waals surface area contributed by atoms with Crippen molar-refractivity contribution in [3.63, 3.8) is 0 Å². The minimum absolute atomic E-state index is 0.107. The van der Waals surface area contributed by atoms with Crippen LogP contribution in [0.2, 0.25) is 0 Å². The summed E-state index contributed by atoms with van der Waals surface area (Å²) in [6.07, 6.45) is 3.19. The molecule has 1 aliphatic carbocycles. The summed E-state index contributed by atoms with van der Waals surface area (Å²) in [5.41, 5.74) is 1.14. The molecular weight excluding hydrogens is 328 g/mol. The Morgan fingerprint density at radius 2 is 1.85 bits per heavy atom. The van der Waals surface area contributed by atoms with E-state index in [1.54, 1.807) is 0 Å². The largest absolute Gasteiger partial charge is 0.347 e. The third-order valence-corrected chi connectivity index (χ3v) is 4.61. The molecule has 1 aromatic carbocycles. The lowest BCUT2D eigenvalue weighted by atomic mass is 10.1. The van der Waals surface area contributed by atoms with E-state index < -0.39 is 11.8 Å². The molecule has 0 radical (unpaired) electrons. The minimum Gasteiger partial charge on any atom is -0.347 e. The summed E-state index contributed by atoms with van der Waals surface area (Å²) in [6.45, 7) is 5.09. The zero-order valence-electron chi connectivity index (χ0n) is 16.2. The standard InChI is InChI=1S/C20H32N4O2/c1-4-24(18-10-11-18)13-12-21-19(25)20(26)22-17(15-23(2)3)14-16-8-6-5-7-9-16/h5-9,17-18H,4,10-15H2,1-3H3,(H,21,25)(H,22,26). The van der Waals surface area contributed by atoms with Gasteiger partial charge in [-0.05, 0) is 45.5 Å². The van der Waals surface area contributed by atoms with Gasteiger partial charge in [-0.2, -0.15) is 0 Å². The summed E-state index contributed by atoms with van der Waals surface area (Å²) >= 11 is 0. The predicted molar refractivity (Wildman–Crippen MR) is 104 cm³/mol. The molecule has 1 aromatic rings. The molecule has 1 saturated carbocycles. The Balaban J connectivity index is 1.79. The van der Waals surface area contributed by atoms with Crippen molar-refractivity contribution in [2.75, 3.05) is 40.3 Å². The molecule has 0 bridgehead atoms. The SMILES string of the molecule is CCN(CCNC(=O)C(=O)NC(Cc1ccccc1)CN(C)C)C1CC1. The number of hydrogen-bond donors (Lipinski definition) is 2. The van der Waals surface area contributed by atoms with Crippen LogP contribution in [0, 0.1) is 0 Å². The number of nitrogens with zero attached hydrogens (tertiary/aromatic N) is 2. The average Bonchev–Trinajstić information content (AvgIpc) is 3.43. The second kappa shape index (κ2) is 10.3. The second-order valence-electron chi connectivity index (χ2n) is 7.24. The summed E-state index contributed by atoms with van der Waals surface area (Å²) < 4.78 is 0. The lowest BCUT2D eigenvalue weighted by Crippen LogP contribution is -2.49. The quantitative estimate of drug-likeness (QED) is 0.608. The molecular formula is C20H32N4O2. The maximum absolute atomic E-state index is 12.3. The van der Waals surface area contributed by atoms with E-state index in [-0.39, 0.29) is 6.04 Å². The van der Waals surface area contributed by atoms with Gasteiger partial charge in [0.05, 0.1) is 0 Å². The van der Waals surface area contributed by atoms with Crippen molar-refractivity contribution in [1.29, 1.82) is 0 Å². The zero-order valence-corrected chi connectivity index (χ0v) is 16.2. The van der Waals surface area contributed by atoms with Crippen molar-refractivity contribution in [3.8, 4) is 0 Å². The first kappa shape index (κ1) is 20.4. The lowest BCUT2D eigenvalue weighted by Gasteiger charge is -2.23. The molecule has 2 N–H and O–H groups in total. The molecule has 26 heavy (non-hydrogen) atoms. The van der Waals surface area contributed by atoms with Gasteiger partial charge in [0, 0.05) is 31.7 Å². The maximum atomic E-state index is 12.3. The molecule has 0 aliphatic heterocycles. The second-order valence-corrected chi connectivity index (χ2v) is 7.24. The molecule has 1 unspecified atom stereocenters. The van der Waals surface area contributed by atoms with E-state index in [9.17, 15) is 9.59 Å². The van der Waals surface area contributed by atoms with Crippen molar-refractivity contribution in [2.24, 2.45) is 0 Å². The first-order valence-corrected chi connectivity index (χ1v) is 9.51. The van der Waals surface area contributed by atoms with E-state index in [4.69, 9.17) is 0 Å². The van der Waals surface area contributed by atoms with Gasteiger partial charge >= 0.3 is 11.8 Å². The van der Waals surface area contributed by atoms with Crippen molar-refractivity contribution < 1.29 is 9.59 Å². The third kappa shape index (κ3) is 7.14. The number of amides is 2. The number of rotatable bonds is 10. The number of benzene rings is 1. The Morgan fingerprint density at radius 1 is 1.15 bits per heavy atom. The van der Waals surface area contributed by atoms with Crippen LogP contribution in [0.1, 0.15) is 25.3 Å². The van der Waals surface area contributed by atoms with Crippen LogP contribution in [0.5, 0.6) is 0 Å². The van der Waals surface area contributed by atoms with Gasteiger partial charge in [-0.15, -0.1) is 0 Å². The van der Waals surface area contributed by atoms with E-state index in [2.05, 4.69) is 22.5 Å². The molecule has 6 heteroatoms. The van der Waals surface area contributed by atoms with Crippen molar-refractivity contribution >= 4 is 11.8 Å². The number of nitrogens with one attached hydrogen (secondary N) is 2. The molecule has 0 spiro atoms. The Bertz CT molecular complexity index is 572. The first-order valence-electron chi connectivity index (χ1n) is 9.51. The number of carbonyl (C=O) groups is 2. The summed E-state index contributed by atoms with van der Waals surface area (Å²) in [7, 11) is 3.92. The normalized spacial score (nSPS) is 15.1. The Hall–Kier alpha value is -1.92. The molecule has 0 aromatic heterocycles. The summed E-state index contributed by atoms with van der Waals surface area (Å²) in [6, 6.07) is 10.6. The van der Waals surface area contributed by atoms with Crippen LogP contribution >= 0.6 is 0 Å². The van der Waals surface area contributed by atoms with Crippen LogP contribution in [0.3, 0.4) is 0 Å². The van der Waals surface area contributed by atoms with E-state index in [0.29, 0.717) is 25.6 Å². The highest BCUT2D eigenvalue weighted by atomic mass is 16.2. The summed E-state index contributed by atoms with van der Waals surface area (Å²) in [5, 5.41) is 5.62. The van der Waals surface area contributed by atoms with E-state index in [0.717, 1.165) is 18.7 Å². The van der Waals surface area contributed by atoms with Crippen molar-refractivity contribution in [1.82, 2.24) is 20.4 Å². The lowest BCUT2D eigenvalue weighted by molar-refractivity contribution is -0.139. The van der Waals surface area contributed by atoms with E-state index in [1.807, 2.05) is 49.3 Å². The zero-order chi connectivity index (χ0) is 18.9. The highest BCUT2D eigenvalue weighted by molar-refractivity contribution is 6.35. The molecule has 1 fully saturated rings. The van der Waals surface area contributed by atoms with Gasteiger partial charge in [0.15, 0.2) is 0 Å². The first-order chi connectivity index (χ1) is 12.5. The van der Waals surface area contributed by atoms with E-state index in [1.165, 1.54) is 12.8 Å². The third-order valence-electron chi connectivity index (χ3n) is 4.61. The maximum Gasteiger partial charge on any atom is 0.309 e. The minimum atomic E-state index is -0.553. The van der Waals surface area contributed by atoms with Crippen LogP contribution in [0.15, 0.2) is 30.3 Å². The van der Waals surface area contributed by atoms with Crippen LogP contribution in [-0.4, -0.2) is 74.0 Å². The van der Waals surface area contributed by atoms with Crippen molar-refractivity contribution in [2.45, 2.75) is 38.3 Å². The Morgan fingerprint density at radius 3 is 2.42 bits per heavy atom. The molecule has 0 saturated heterocycles. The van der Waals surface area contributed by atoms with Crippen molar-refractivity contribution in [3.05, 3.63) is 35.9 Å². The number of hydrogen-bond acceptors (Lipinski definition) is 4. The number of carbonyl (C=O) groups excluding carboxylic acids is 2. The fourth-order valence-corrected chi connectivity index (χ4v) is 3.18. The summed E-state index contributed by atoms with van der Waals surface area (Å²) in [4.78, 5) is 28.7. The van der Waals surface area contributed by atoms with Crippen LogP contribution in [0.25, 0.3) is 0 Å². The highest BCUT2D eigenvalue weighted by Crippen LogP contribution is 2.25. The smallest absolute Gasteiger partial charge is 0.309 e. The molecule has 2 rings (SSSR count). The van der Waals surface area contributed by atoms with Gasteiger partial charge in [0.25, 0.3) is 0 Å². The van der Waals surface area contributed by atoms with Crippen LogP contribution in [-0.2, 0) is 16.0 Å². The van der Waals surface area contributed by atoms with Gasteiger partial charge in [-0.3, -0.25) is 14.5 Å². The van der Waals surface area contributed by atoms with Gasteiger partial charge in [0.1, 0.15) is 0 Å². The fourth-order valence-electron chi connectivity index (χ4n) is 3.18. The average molecular weight is 361 g/mol. The van der Waals surface area contributed by atoms with E-state index >= 15 is 0 Å². The number of likely N-dealkylation sites (N-methyl/N-ethyl adjacent to an activating group) is 2. The molecule has 0 heterocycles. The molecule has 1 aliphatic rings. The molecule has 1 atom stereocenters. The Kier molecular flexibility index (Phi) is 8.06. The van der Waals surface area contributed by atoms with Crippen LogP contribution < -0.4 is 10.6 Å². The van der Waals surface area contributed by atoms with Gasteiger partial charge in [-0.1, -0.05) is 37.3 Å². The van der Waals surface area contributed by atoms with Gasteiger partial charge < -0.3 is 15.5 Å². The molecule has 6 nitrogen and oxygen atoms in total. The predicted octanol–water partition coefficient (Wildman–Crippen LogP) is 0.876. The topological polar surface area (TPSA) is 64.7 Å². The molecule has 2 amide bonds. The monoisotopic (exact) mass is 360 g/mol.